The molecule has 7 heteroatoms. The van der Waals surface area contributed by atoms with E-state index in [0.29, 0.717) is 0 Å². The molecule has 0 amide bonds. The minimum atomic E-state index is -5.04. The molecule has 14 heavy (non-hydrogen) atoms. The summed E-state index contributed by atoms with van der Waals surface area (Å²) in [5.41, 5.74) is 0. The van der Waals surface area contributed by atoms with E-state index in [1.807, 2.05) is 0 Å². The van der Waals surface area contributed by atoms with Gasteiger partial charge in [-0.25, -0.2) is 4.39 Å². The van der Waals surface area contributed by atoms with Gasteiger partial charge in [0.1, 0.15) is 0 Å². The molecular formula is C7H13FO5S. The van der Waals surface area contributed by atoms with Crippen molar-refractivity contribution in [3.05, 3.63) is 0 Å². The van der Waals surface area contributed by atoms with E-state index in [2.05, 4.69) is 4.74 Å². The SMILES string of the molecule is CCC(=O)C(F)(CCOC)S(=O)(=O)O. The van der Waals surface area contributed by atoms with Crippen LogP contribution in [0.3, 0.4) is 0 Å². The summed E-state index contributed by atoms with van der Waals surface area (Å²) in [7, 11) is -3.81. The summed E-state index contributed by atoms with van der Waals surface area (Å²) in [6.45, 7) is 1.05. The molecular weight excluding hydrogens is 215 g/mol. The van der Waals surface area contributed by atoms with E-state index in [1.54, 1.807) is 0 Å². The standard InChI is InChI=1S/C7H13FO5S/c1-3-6(9)7(8,4-5-13-2)14(10,11)12/h3-5H2,1-2H3,(H,10,11,12). The zero-order chi connectivity index (χ0) is 11.4. The molecule has 0 radical (unpaired) electrons. The van der Waals surface area contributed by atoms with Crippen molar-refractivity contribution in [2.75, 3.05) is 13.7 Å². The Morgan fingerprint density at radius 3 is 2.36 bits per heavy atom. The summed E-state index contributed by atoms with van der Waals surface area (Å²) in [5.74, 6) is -1.17. The molecule has 0 aromatic heterocycles. The van der Waals surface area contributed by atoms with E-state index in [9.17, 15) is 17.6 Å². The molecule has 1 N–H and O–H groups in total. The molecule has 0 rings (SSSR count). The first-order valence-corrected chi connectivity index (χ1v) is 5.41. The highest BCUT2D eigenvalue weighted by Crippen LogP contribution is 2.25. The Bertz CT molecular complexity index is 299. The van der Waals surface area contributed by atoms with Gasteiger partial charge in [-0.05, 0) is 0 Å². The maximum atomic E-state index is 13.6. The number of hydrogen-bond acceptors (Lipinski definition) is 4. The number of ether oxygens (including phenoxy) is 1. The molecule has 0 saturated carbocycles. The van der Waals surface area contributed by atoms with Crippen LogP contribution in [0.4, 0.5) is 4.39 Å². The topological polar surface area (TPSA) is 80.7 Å². The van der Waals surface area contributed by atoms with Crippen LogP contribution in [-0.4, -0.2) is 37.5 Å². The number of methoxy groups -OCH3 is 1. The molecule has 5 nitrogen and oxygen atoms in total. The van der Waals surface area contributed by atoms with Gasteiger partial charge in [0.05, 0.1) is 6.61 Å². The van der Waals surface area contributed by atoms with Crippen LogP contribution in [0, 0.1) is 0 Å². The first-order valence-electron chi connectivity index (χ1n) is 3.97. The molecule has 0 aromatic rings. The number of Topliss-reactive ketones (excluding diaryl/α,β-unsaturated/α-hetero) is 1. The van der Waals surface area contributed by atoms with Gasteiger partial charge in [-0.15, -0.1) is 0 Å². The summed E-state index contributed by atoms with van der Waals surface area (Å²) in [6.07, 6.45) is -1.00. The molecule has 1 atom stereocenters. The second kappa shape index (κ2) is 4.81. The Morgan fingerprint density at radius 2 is 2.07 bits per heavy atom. The normalized spacial score (nSPS) is 16.3. The molecule has 0 fully saturated rings. The van der Waals surface area contributed by atoms with Gasteiger partial charge >= 0.3 is 10.1 Å². The number of ketones is 1. The highest BCUT2D eigenvalue weighted by atomic mass is 32.2. The second-order valence-electron chi connectivity index (χ2n) is 2.72. The Kier molecular flexibility index (Phi) is 4.63. The summed E-state index contributed by atoms with van der Waals surface area (Å²) in [6, 6.07) is 0. The molecule has 0 aliphatic heterocycles. The number of carbonyl (C=O) groups excluding carboxylic acids is 1. The van der Waals surface area contributed by atoms with Crippen molar-refractivity contribution >= 4 is 15.9 Å². The molecule has 1 unspecified atom stereocenters. The van der Waals surface area contributed by atoms with Crippen molar-refractivity contribution in [3.63, 3.8) is 0 Å². The smallest absolute Gasteiger partial charge is 0.308 e. The van der Waals surface area contributed by atoms with Crippen LogP contribution in [-0.2, 0) is 19.6 Å². The van der Waals surface area contributed by atoms with Gasteiger partial charge in [-0.3, -0.25) is 9.35 Å². The lowest BCUT2D eigenvalue weighted by Gasteiger charge is -2.19. The number of alkyl halides is 1. The number of carbonyl (C=O) groups is 1. The summed E-state index contributed by atoms with van der Waals surface area (Å²) in [5, 5.41) is -3.24. The molecule has 0 spiro atoms. The van der Waals surface area contributed by atoms with Crippen LogP contribution < -0.4 is 0 Å². The molecule has 84 valence electrons. The molecule has 0 bridgehead atoms. The lowest BCUT2D eigenvalue weighted by molar-refractivity contribution is -0.126. The van der Waals surface area contributed by atoms with Gasteiger partial charge in [0, 0.05) is 20.0 Å². The highest BCUT2D eigenvalue weighted by molar-refractivity contribution is 7.87. The summed E-state index contributed by atoms with van der Waals surface area (Å²) >= 11 is 0. The van der Waals surface area contributed by atoms with Crippen LogP contribution in [0.1, 0.15) is 19.8 Å². The predicted molar refractivity (Wildman–Crippen MR) is 47.2 cm³/mol. The first kappa shape index (κ1) is 13.5. The fourth-order valence-corrected chi connectivity index (χ4v) is 1.68. The van der Waals surface area contributed by atoms with Crippen LogP contribution in [0.15, 0.2) is 0 Å². The molecule has 0 aliphatic carbocycles. The van der Waals surface area contributed by atoms with Gasteiger partial charge in [0.15, 0.2) is 5.78 Å². The van der Waals surface area contributed by atoms with Crippen molar-refractivity contribution in [2.24, 2.45) is 0 Å². The van der Waals surface area contributed by atoms with E-state index >= 15 is 0 Å². The third-order valence-corrected chi connectivity index (χ3v) is 3.02. The minimum absolute atomic E-state index is 0.262. The zero-order valence-corrected chi connectivity index (χ0v) is 8.80. The third kappa shape index (κ3) is 2.73. The average Bonchev–Trinajstić information content (AvgIpc) is 2.10. The van der Waals surface area contributed by atoms with Gasteiger partial charge < -0.3 is 4.74 Å². The maximum absolute atomic E-state index is 13.6. The fraction of sp³-hybridized carbons (Fsp3) is 0.857. The summed E-state index contributed by atoms with van der Waals surface area (Å²) in [4.78, 5) is 11.0. The molecule has 0 aliphatic rings. The highest BCUT2D eigenvalue weighted by Gasteiger charge is 2.49. The lowest BCUT2D eigenvalue weighted by atomic mass is 10.1. The largest absolute Gasteiger partial charge is 0.385 e. The van der Waals surface area contributed by atoms with Crippen LogP contribution >= 0.6 is 0 Å². The van der Waals surface area contributed by atoms with Crippen molar-refractivity contribution in [1.82, 2.24) is 0 Å². The predicted octanol–water partition coefficient (Wildman–Crippen LogP) is 0.556. The van der Waals surface area contributed by atoms with E-state index in [4.69, 9.17) is 4.55 Å². The molecule has 0 aromatic carbocycles. The van der Waals surface area contributed by atoms with E-state index in [0.717, 1.165) is 0 Å². The maximum Gasteiger partial charge on any atom is 0.308 e. The van der Waals surface area contributed by atoms with Crippen molar-refractivity contribution in [1.29, 1.82) is 0 Å². The molecule has 0 saturated heterocycles. The Hall–Kier alpha value is -0.530. The number of rotatable bonds is 6. The fourth-order valence-electron chi connectivity index (χ4n) is 0.910. The van der Waals surface area contributed by atoms with Crippen molar-refractivity contribution < 1.29 is 26.9 Å². The Balaban J connectivity index is 4.96. The van der Waals surface area contributed by atoms with Gasteiger partial charge in [-0.2, -0.15) is 8.42 Å². The van der Waals surface area contributed by atoms with E-state index in [-0.39, 0.29) is 13.0 Å². The van der Waals surface area contributed by atoms with E-state index in [1.165, 1.54) is 14.0 Å². The lowest BCUT2D eigenvalue weighted by Crippen LogP contribution is -2.42. The molecule has 0 heterocycles. The first-order chi connectivity index (χ1) is 6.29. The van der Waals surface area contributed by atoms with Crippen LogP contribution in [0.5, 0.6) is 0 Å². The summed E-state index contributed by atoms with van der Waals surface area (Å²) < 4.78 is 48.0. The number of halogens is 1. The average molecular weight is 228 g/mol. The zero-order valence-electron chi connectivity index (χ0n) is 7.99. The van der Waals surface area contributed by atoms with Gasteiger partial charge in [0.25, 0.3) is 5.00 Å². The van der Waals surface area contributed by atoms with Crippen molar-refractivity contribution in [2.45, 2.75) is 24.8 Å². The van der Waals surface area contributed by atoms with Gasteiger partial charge in [0.2, 0.25) is 0 Å². The van der Waals surface area contributed by atoms with E-state index < -0.39 is 27.3 Å². The minimum Gasteiger partial charge on any atom is -0.385 e. The van der Waals surface area contributed by atoms with Crippen LogP contribution in [0.2, 0.25) is 0 Å². The Labute approximate surface area is 82.0 Å². The third-order valence-electron chi connectivity index (χ3n) is 1.77. The number of hydrogen-bond donors (Lipinski definition) is 1. The monoisotopic (exact) mass is 228 g/mol. The second-order valence-corrected chi connectivity index (χ2v) is 4.32. The van der Waals surface area contributed by atoms with Gasteiger partial charge in [-0.1, -0.05) is 6.92 Å². The quantitative estimate of drug-likeness (QED) is 0.672. The van der Waals surface area contributed by atoms with Crippen LogP contribution in [0.25, 0.3) is 0 Å². The Morgan fingerprint density at radius 1 is 1.57 bits per heavy atom. The van der Waals surface area contributed by atoms with Crippen molar-refractivity contribution in [3.8, 4) is 0 Å².